The Balaban J connectivity index is 1.55. The molecule has 3 nitrogen and oxygen atoms in total. The second kappa shape index (κ2) is 7.22. The number of nitrogens with one attached hydrogen (secondary N) is 1. The number of carbonyl (C=O) groups excluding carboxylic acids is 1. The predicted molar refractivity (Wildman–Crippen MR) is 109 cm³/mol. The van der Waals surface area contributed by atoms with Crippen LogP contribution in [-0.4, -0.2) is 5.91 Å². The van der Waals surface area contributed by atoms with E-state index in [0.29, 0.717) is 12.3 Å². The maximum atomic E-state index is 12.8. The smallest absolute Gasteiger partial charge is 0.225 e. The molecule has 1 amide bonds. The zero-order valence-electron chi connectivity index (χ0n) is 16.3. The van der Waals surface area contributed by atoms with Crippen molar-refractivity contribution in [3.05, 3.63) is 70.5 Å². The van der Waals surface area contributed by atoms with Crippen LogP contribution in [0.5, 0.6) is 0 Å². The maximum absolute atomic E-state index is 12.8. The highest BCUT2D eigenvalue weighted by atomic mass is 16.3. The first kappa shape index (κ1) is 17.8. The lowest BCUT2D eigenvalue weighted by atomic mass is 9.87. The zero-order chi connectivity index (χ0) is 19.0. The van der Waals surface area contributed by atoms with Gasteiger partial charge >= 0.3 is 0 Å². The van der Waals surface area contributed by atoms with Crippen molar-refractivity contribution in [2.45, 2.75) is 58.4 Å². The van der Waals surface area contributed by atoms with Gasteiger partial charge in [0.05, 0.1) is 18.7 Å². The molecule has 0 fully saturated rings. The van der Waals surface area contributed by atoms with Crippen LogP contribution >= 0.6 is 0 Å². The summed E-state index contributed by atoms with van der Waals surface area (Å²) in [5, 5.41) is 4.30. The van der Waals surface area contributed by atoms with E-state index in [1.54, 1.807) is 6.26 Å². The number of hydrogen-bond donors (Lipinski definition) is 1. The molecule has 0 radical (unpaired) electrons. The standard InChI is InChI=1S/C24H27NO2/c1-15(2)20-13-21-18(14-27-23(21)11-16(20)3)12-24(26)25-22-10-6-8-17-7-4-5-9-19(17)22/h4-5,7,9,11,13-15,22H,6,8,10,12H2,1-3H3,(H,25,26). The average Bonchev–Trinajstić information content (AvgIpc) is 3.02. The van der Waals surface area contributed by atoms with Crippen molar-refractivity contribution in [1.82, 2.24) is 5.32 Å². The van der Waals surface area contributed by atoms with E-state index in [1.807, 2.05) is 0 Å². The highest BCUT2D eigenvalue weighted by Gasteiger charge is 2.22. The zero-order valence-corrected chi connectivity index (χ0v) is 16.3. The molecule has 1 unspecified atom stereocenters. The van der Waals surface area contributed by atoms with Crippen molar-refractivity contribution in [2.75, 3.05) is 0 Å². The van der Waals surface area contributed by atoms with Crippen LogP contribution in [0, 0.1) is 6.92 Å². The third-order valence-electron chi connectivity index (χ3n) is 5.72. The number of furan rings is 1. The number of aryl methyl sites for hydroxylation is 2. The van der Waals surface area contributed by atoms with E-state index < -0.39 is 0 Å². The lowest BCUT2D eigenvalue weighted by molar-refractivity contribution is -0.121. The minimum Gasteiger partial charge on any atom is -0.464 e. The summed E-state index contributed by atoms with van der Waals surface area (Å²) >= 11 is 0. The van der Waals surface area contributed by atoms with Gasteiger partial charge in [-0.3, -0.25) is 4.79 Å². The van der Waals surface area contributed by atoms with Gasteiger partial charge in [-0.1, -0.05) is 38.1 Å². The summed E-state index contributed by atoms with van der Waals surface area (Å²) in [4.78, 5) is 12.8. The molecule has 3 aromatic rings. The minimum atomic E-state index is 0.0612. The fraction of sp³-hybridized carbons (Fsp3) is 0.375. The van der Waals surface area contributed by atoms with Gasteiger partial charge in [0.25, 0.3) is 0 Å². The Hall–Kier alpha value is -2.55. The number of benzene rings is 2. The molecule has 0 bridgehead atoms. The minimum absolute atomic E-state index is 0.0612. The first-order valence-electron chi connectivity index (χ1n) is 9.90. The van der Waals surface area contributed by atoms with E-state index in [-0.39, 0.29) is 11.9 Å². The summed E-state index contributed by atoms with van der Waals surface area (Å²) in [6.45, 7) is 6.51. The predicted octanol–water partition coefficient (Wildman–Crippen LogP) is 5.60. The van der Waals surface area contributed by atoms with E-state index in [1.165, 1.54) is 22.3 Å². The van der Waals surface area contributed by atoms with Crippen LogP contribution in [0.2, 0.25) is 0 Å². The Morgan fingerprint density at radius 3 is 2.89 bits per heavy atom. The van der Waals surface area contributed by atoms with Crippen molar-refractivity contribution in [1.29, 1.82) is 0 Å². The molecule has 27 heavy (non-hydrogen) atoms. The van der Waals surface area contributed by atoms with Gasteiger partial charge in [0.1, 0.15) is 5.58 Å². The van der Waals surface area contributed by atoms with Gasteiger partial charge in [0, 0.05) is 10.9 Å². The fourth-order valence-electron chi connectivity index (χ4n) is 4.33. The molecule has 1 aromatic heterocycles. The maximum Gasteiger partial charge on any atom is 0.225 e. The summed E-state index contributed by atoms with van der Waals surface area (Å²) in [6, 6.07) is 12.9. The first-order valence-corrected chi connectivity index (χ1v) is 9.90. The Morgan fingerprint density at radius 1 is 1.26 bits per heavy atom. The molecular weight excluding hydrogens is 334 g/mol. The third-order valence-corrected chi connectivity index (χ3v) is 5.72. The molecular formula is C24H27NO2. The third kappa shape index (κ3) is 3.51. The van der Waals surface area contributed by atoms with Crippen molar-refractivity contribution in [3.8, 4) is 0 Å². The number of hydrogen-bond acceptors (Lipinski definition) is 2. The van der Waals surface area contributed by atoms with Gasteiger partial charge in [-0.2, -0.15) is 0 Å². The quantitative estimate of drug-likeness (QED) is 0.657. The first-order chi connectivity index (χ1) is 13.0. The molecule has 1 aliphatic carbocycles. The molecule has 2 aromatic carbocycles. The number of rotatable bonds is 4. The molecule has 1 aliphatic rings. The van der Waals surface area contributed by atoms with Crippen LogP contribution in [0.15, 0.2) is 47.1 Å². The van der Waals surface area contributed by atoms with Crippen LogP contribution in [0.3, 0.4) is 0 Å². The Labute approximate surface area is 160 Å². The highest BCUT2D eigenvalue weighted by Crippen LogP contribution is 2.31. The molecule has 3 heteroatoms. The topological polar surface area (TPSA) is 42.2 Å². The lowest BCUT2D eigenvalue weighted by Gasteiger charge is -2.26. The van der Waals surface area contributed by atoms with Gasteiger partial charge in [-0.25, -0.2) is 0 Å². The second-order valence-corrected chi connectivity index (χ2v) is 8.01. The van der Waals surface area contributed by atoms with Gasteiger partial charge in [0.2, 0.25) is 5.91 Å². The van der Waals surface area contributed by atoms with Crippen molar-refractivity contribution >= 4 is 16.9 Å². The second-order valence-electron chi connectivity index (χ2n) is 8.01. The summed E-state index contributed by atoms with van der Waals surface area (Å²) < 4.78 is 5.73. The van der Waals surface area contributed by atoms with Gasteiger partial charge in [-0.05, 0) is 66.5 Å². The van der Waals surface area contributed by atoms with Gasteiger partial charge in [-0.15, -0.1) is 0 Å². The molecule has 0 saturated heterocycles. The van der Waals surface area contributed by atoms with Crippen molar-refractivity contribution in [2.24, 2.45) is 0 Å². The molecule has 1 heterocycles. The Kier molecular flexibility index (Phi) is 4.77. The van der Waals surface area contributed by atoms with E-state index in [2.05, 4.69) is 62.5 Å². The SMILES string of the molecule is Cc1cc2occ(CC(=O)NC3CCCc4ccccc43)c2cc1C(C)C. The average molecular weight is 361 g/mol. The fourth-order valence-corrected chi connectivity index (χ4v) is 4.33. The van der Waals surface area contributed by atoms with Crippen LogP contribution in [-0.2, 0) is 17.6 Å². The van der Waals surface area contributed by atoms with Crippen molar-refractivity contribution in [3.63, 3.8) is 0 Å². The van der Waals surface area contributed by atoms with E-state index >= 15 is 0 Å². The van der Waals surface area contributed by atoms with E-state index in [9.17, 15) is 4.79 Å². The number of amides is 1. The van der Waals surface area contributed by atoms with Crippen LogP contribution in [0.1, 0.15) is 66.5 Å². The largest absolute Gasteiger partial charge is 0.464 e. The Morgan fingerprint density at radius 2 is 2.07 bits per heavy atom. The summed E-state index contributed by atoms with van der Waals surface area (Å²) in [7, 11) is 0. The summed E-state index contributed by atoms with van der Waals surface area (Å²) in [6.07, 6.45) is 5.32. The van der Waals surface area contributed by atoms with Gasteiger partial charge in [0.15, 0.2) is 0 Å². The Bertz CT molecular complexity index is 983. The monoisotopic (exact) mass is 361 g/mol. The number of fused-ring (bicyclic) bond motifs is 2. The molecule has 0 spiro atoms. The van der Waals surface area contributed by atoms with Crippen LogP contribution in [0.4, 0.5) is 0 Å². The molecule has 1 N–H and O–H groups in total. The van der Waals surface area contributed by atoms with E-state index in [0.717, 1.165) is 35.8 Å². The number of carbonyl (C=O) groups is 1. The molecule has 140 valence electrons. The summed E-state index contributed by atoms with van der Waals surface area (Å²) in [5.41, 5.74) is 7.01. The molecule has 4 rings (SSSR count). The van der Waals surface area contributed by atoms with Crippen LogP contribution < -0.4 is 5.32 Å². The lowest BCUT2D eigenvalue weighted by Crippen LogP contribution is -2.32. The summed E-state index contributed by atoms with van der Waals surface area (Å²) in [5.74, 6) is 0.510. The van der Waals surface area contributed by atoms with Gasteiger partial charge < -0.3 is 9.73 Å². The molecule has 0 saturated carbocycles. The van der Waals surface area contributed by atoms with Crippen molar-refractivity contribution < 1.29 is 9.21 Å². The molecule has 0 aliphatic heterocycles. The van der Waals surface area contributed by atoms with Crippen LogP contribution in [0.25, 0.3) is 11.0 Å². The normalized spacial score (nSPS) is 16.5. The molecule has 1 atom stereocenters. The van der Waals surface area contributed by atoms with E-state index in [4.69, 9.17) is 4.42 Å². The highest BCUT2D eigenvalue weighted by molar-refractivity contribution is 5.88.